The van der Waals surface area contributed by atoms with E-state index >= 15 is 0 Å². The van der Waals surface area contributed by atoms with Crippen molar-refractivity contribution in [3.63, 3.8) is 0 Å². The number of ketones is 1. The molecule has 2 amide bonds. The van der Waals surface area contributed by atoms with Crippen molar-refractivity contribution in [2.24, 2.45) is 0 Å². The third-order valence-electron chi connectivity index (χ3n) is 4.87. The lowest BCUT2D eigenvalue weighted by atomic mass is 10.0. The molecule has 0 bridgehead atoms. The van der Waals surface area contributed by atoms with Crippen molar-refractivity contribution < 1.29 is 18.0 Å². The second kappa shape index (κ2) is 14.2. The van der Waals surface area contributed by atoms with Crippen LogP contribution in [0.15, 0.2) is 35.2 Å². The number of hydrogen-bond acceptors (Lipinski definition) is 4. The highest BCUT2D eigenvalue weighted by atomic mass is 35.5. The molecule has 1 rings (SSSR count). The number of nitrogens with zero attached hydrogens (tertiary/aromatic N) is 1. The van der Waals surface area contributed by atoms with Crippen molar-refractivity contribution in [2.45, 2.75) is 76.5 Å². The molecule has 0 heterocycles. The Morgan fingerprint density at radius 1 is 1.06 bits per heavy atom. The van der Waals surface area contributed by atoms with Crippen LogP contribution in [0, 0.1) is 0 Å². The quantitative estimate of drug-likeness (QED) is 0.206. The summed E-state index contributed by atoms with van der Waals surface area (Å²) in [6.45, 7) is 4.34. The number of amides is 2. The number of urea groups is 1. The largest absolute Gasteiger partial charge is 0.337 e. The molecule has 0 saturated heterocycles. The van der Waals surface area contributed by atoms with Crippen molar-refractivity contribution in [3.05, 3.63) is 40.9 Å². The van der Waals surface area contributed by atoms with Crippen LogP contribution in [0.3, 0.4) is 0 Å². The molecule has 0 atom stereocenters. The maximum atomic E-state index is 13.0. The maximum Gasteiger partial charge on any atom is 0.331 e. The van der Waals surface area contributed by atoms with Gasteiger partial charge in [-0.25, -0.2) is 17.5 Å². The first-order valence-electron chi connectivity index (χ1n) is 11.0. The molecular formula is C23H35ClN2O4S. The molecule has 1 N–H and O–H groups in total. The zero-order valence-electron chi connectivity index (χ0n) is 18.8. The summed E-state index contributed by atoms with van der Waals surface area (Å²) >= 11 is 6.03. The molecule has 6 nitrogen and oxygen atoms in total. The Morgan fingerprint density at radius 3 is 2.42 bits per heavy atom. The number of halogens is 1. The lowest BCUT2D eigenvalue weighted by Crippen LogP contribution is -2.41. The Morgan fingerprint density at radius 2 is 1.74 bits per heavy atom. The fraction of sp³-hybridized carbons (Fsp3) is 0.565. The number of carbonyl (C=O) groups is 2. The van der Waals surface area contributed by atoms with Crippen molar-refractivity contribution in [1.82, 2.24) is 9.62 Å². The highest BCUT2D eigenvalue weighted by Gasteiger charge is 2.29. The topological polar surface area (TPSA) is 83.6 Å². The summed E-state index contributed by atoms with van der Waals surface area (Å²) in [4.78, 5) is 24.7. The average Bonchev–Trinajstić information content (AvgIpc) is 2.75. The van der Waals surface area contributed by atoms with Crippen LogP contribution in [0.5, 0.6) is 0 Å². The Labute approximate surface area is 192 Å². The van der Waals surface area contributed by atoms with E-state index in [4.69, 9.17) is 11.6 Å². The van der Waals surface area contributed by atoms with Crippen molar-refractivity contribution in [2.75, 3.05) is 13.6 Å². The first-order chi connectivity index (χ1) is 14.8. The molecule has 8 heteroatoms. The molecule has 0 radical (unpaired) electrons. The standard InChI is InChI=1S/C23H35ClN2O4S/c1-4-6-7-8-9-10-11-12-13-14-21(27)20-18-19(24)15-16-22(20)31(29,30)26(3)23(28)25-17-5-2/h6-7,15-16,18H,4-5,8-14,17H2,1-3H3,(H,25,28)/b7-6+. The van der Waals surface area contributed by atoms with E-state index in [1.165, 1.54) is 25.2 Å². The van der Waals surface area contributed by atoms with E-state index in [1.54, 1.807) is 0 Å². The second-order valence-corrected chi connectivity index (χ2v) is 9.83. The molecule has 1 aromatic carbocycles. The molecule has 0 aliphatic carbocycles. The van der Waals surface area contributed by atoms with Gasteiger partial charge in [-0.1, -0.05) is 56.9 Å². The van der Waals surface area contributed by atoms with Crippen molar-refractivity contribution in [1.29, 1.82) is 0 Å². The molecule has 0 unspecified atom stereocenters. The average molecular weight is 471 g/mol. The van der Waals surface area contributed by atoms with Crippen molar-refractivity contribution >= 4 is 33.4 Å². The van der Waals surface area contributed by atoms with E-state index in [0.717, 1.165) is 38.5 Å². The Bertz CT molecular complexity index is 853. The number of allylic oxidation sites excluding steroid dienone is 2. The van der Waals surface area contributed by atoms with Gasteiger partial charge in [-0.3, -0.25) is 4.79 Å². The predicted octanol–water partition coefficient (Wildman–Crippen LogP) is 5.96. The molecule has 0 fully saturated rings. The van der Waals surface area contributed by atoms with Gasteiger partial charge >= 0.3 is 6.03 Å². The van der Waals surface area contributed by atoms with Crippen LogP contribution in [0.4, 0.5) is 4.79 Å². The van der Waals surface area contributed by atoms with Gasteiger partial charge in [0.25, 0.3) is 10.0 Å². The monoisotopic (exact) mass is 470 g/mol. The molecule has 1 aromatic rings. The minimum Gasteiger partial charge on any atom is -0.337 e. The van der Waals surface area contributed by atoms with Crippen LogP contribution in [0.1, 0.15) is 82.0 Å². The predicted molar refractivity (Wildman–Crippen MR) is 126 cm³/mol. The summed E-state index contributed by atoms with van der Waals surface area (Å²) < 4.78 is 26.6. The normalized spacial score (nSPS) is 11.6. The highest BCUT2D eigenvalue weighted by molar-refractivity contribution is 7.89. The van der Waals surface area contributed by atoms with E-state index in [2.05, 4.69) is 24.4 Å². The van der Waals surface area contributed by atoms with Crippen molar-refractivity contribution in [3.8, 4) is 0 Å². The van der Waals surface area contributed by atoms with Gasteiger partial charge < -0.3 is 5.32 Å². The third kappa shape index (κ3) is 9.03. The number of Topliss-reactive ketones (excluding diaryl/α,β-unsaturated/α-hetero) is 1. The molecule has 0 aliphatic heterocycles. The minimum absolute atomic E-state index is 0.0346. The van der Waals surface area contributed by atoms with E-state index in [-0.39, 0.29) is 27.7 Å². The fourth-order valence-electron chi connectivity index (χ4n) is 3.04. The number of rotatable bonds is 14. The second-order valence-electron chi connectivity index (χ2n) is 7.45. The van der Waals surface area contributed by atoms with E-state index in [0.29, 0.717) is 23.7 Å². The fourth-order valence-corrected chi connectivity index (χ4v) is 4.48. The van der Waals surface area contributed by atoms with Gasteiger partial charge in [0.2, 0.25) is 0 Å². The Kier molecular flexibility index (Phi) is 12.5. The smallest absolute Gasteiger partial charge is 0.331 e. The maximum absolute atomic E-state index is 13.0. The van der Waals surface area contributed by atoms with E-state index in [1.807, 2.05) is 6.92 Å². The number of nitrogens with one attached hydrogen (secondary N) is 1. The first kappa shape index (κ1) is 27.2. The van der Waals surface area contributed by atoms with Gasteiger partial charge in [-0.05, 0) is 50.3 Å². The van der Waals surface area contributed by atoms with Gasteiger partial charge in [0, 0.05) is 30.6 Å². The summed E-state index contributed by atoms with van der Waals surface area (Å²) in [6.07, 6.45) is 12.3. The van der Waals surface area contributed by atoms with Crippen LogP contribution in [0.2, 0.25) is 5.02 Å². The van der Waals surface area contributed by atoms with Gasteiger partial charge in [0.1, 0.15) is 0 Å². The third-order valence-corrected chi connectivity index (χ3v) is 6.90. The highest BCUT2D eigenvalue weighted by Crippen LogP contribution is 2.25. The van der Waals surface area contributed by atoms with Gasteiger partial charge in [0.15, 0.2) is 5.78 Å². The zero-order chi connectivity index (χ0) is 23.3. The number of hydrogen-bond donors (Lipinski definition) is 1. The van der Waals surface area contributed by atoms with E-state index in [9.17, 15) is 18.0 Å². The summed E-state index contributed by atoms with van der Waals surface area (Å²) in [7, 11) is -3.00. The molecular weight excluding hydrogens is 436 g/mol. The lowest BCUT2D eigenvalue weighted by Gasteiger charge is -2.20. The SMILES string of the molecule is CC/C=C/CCCCCCCC(=O)c1cc(Cl)ccc1S(=O)(=O)N(C)C(=O)NCCC. The lowest BCUT2D eigenvalue weighted by molar-refractivity contribution is 0.0975. The van der Waals surface area contributed by atoms with Gasteiger partial charge in [-0.15, -0.1) is 0 Å². The summed E-state index contributed by atoms with van der Waals surface area (Å²) in [6, 6.07) is 3.34. The van der Waals surface area contributed by atoms with Gasteiger partial charge in [0.05, 0.1) is 4.90 Å². The van der Waals surface area contributed by atoms with Crippen LogP contribution in [0.25, 0.3) is 0 Å². The number of benzene rings is 1. The van der Waals surface area contributed by atoms with Gasteiger partial charge in [-0.2, -0.15) is 0 Å². The molecule has 0 aliphatic rings. The molecule has 174 valence electrons. The number of unbranched alkanes of at least 4 members (excludes halogenated alkanes) is 5. The summed E-state index contributed by atoms with van der Waals surface area (Å²) in [5, 5.41) is 2.81. The number of carbonyl (C=O) groups excluding carboxylic acids is 2. The molecule has 31 heavy (non-hydrogen) atoms. The Hall–Kier alpha value is -1.86. The molecule has 0 aromatic heterocycles. The molecule has 0 spiro atoms. The zero-order valence-corrected chi connectivity index (χ0v) is 20.4. The van der Waals surface area contributed by atoms with Crippen LogP contribution < -0.4 is 5.32 Å². The summed E-state index contributed by atoms with van der Waals surface area (Å²) in [5.41, 5.74) is 0.0346. The first-order valence-corrected chi connectivity index (χ1v) is 12.8. The minimum atomic E-state index is -4.18. The molecule has 0 saturated carbocycles. The van der Waals surface area contributed by atoms with Crippen LogP contribution in [-0.2, 0) is 10.0 Å². The Balaban J connectivity index is 2.76. The van der Waals surface area contributed by atoms with Crippen LogP contribution in [-0.4, -0.2) is 38.1 Å². The van der Waals surface area contributed by atoms with E-state index < -0.39 is 16.1 Å². The number of sulfonamides is 1. The summed E-state index contributed by atoms with van der Waals surface area (Å²) in [5.74, 6) is -0.283. The van der Waals surface area contributed by atoms with Crippen LogP contribution >= 0.6 is 11.6 Å².